The van der Waals surface area contributed by atoms with Gasteiger partial charge < -0.3 is 5.32 Å². The maximum Gasteiger partial charge on any atom is 0.161 e. The van der Waals surface area contributed by atoms with Gasteiger partial charge in [-0.05, 0) is 32.4 Å². The first-order valence-electron chi connectivity index (χ1n) is 5.20. The summed E-state index contributed by atoms with van der Waals surface area (Å²) in [4.78, 5) is 4.52. The predicted octanol–water partition coefficient (Wildman–Crippen LogP) is 3.21. The molecule has 0 aliphatic carbocycles. The van der Waals surface area contributed by atoms with Gasteiger partial charge in [-0.15, -0.1) is 0 Å². The minimum atomic E-state index is 0.447. The Morgan fingerprint density at radius 2 is 2.20 bits per heavy atom. The van der Waals surface area contributed by atoms with Gasteiger partial charge in [0.15, 0.2) is 5.17 Å². The molecule has 0 fully saturated rings. The molecular formula is C12H16N2S. The van der Waals surface area contributed by atoms with E-state index in [-0.39, 0.29) is 0 Å². The van der Waals surface area contributed by atoms with Crippen molar-refractivity contribution in [1.29, 1.82) is 0 Å². The molecule has 0 bridgehead atoms. The Hall–Kier alpha value is -0.960. The zero-order valence-corrected chi connectivity index (χ0v) is 10.2. The van der Waals surface area contributed by atoms with Gasteiger partial charge >= 0.3 is 0 Å². The number of aliphatic imine (C=N–C) groups is 1. The summed E-state index contributed by atoms with van der Waals surface area (Å²) in [5, 5.41) is 4.43. The molecule has 80 valence electrons. The molecule has 0 saturated carbocycles. The Morgan fingerprint density at radius 1 is 1.40 bits per heavy atom. The summed E-state index contributed by atoms with van der Waals surface area (Å²) in [5.41, 5.74) is 3.74. The van der Waals surface area contributed by atoms with E-state index < -0.39 is 0 Å². The van der Waals surface area contributed by atoms with Crippen LogP contribution in [0, 0.1) is 13.8 Å². The van der Waals surface area contributed by atoms with Crippen LogP contribution in [0.3, 0.4) is 0 Å². The van der Waals surface area contributed by atoms with Crippen molar-refractivity contribution in [2.24, 2.45) is 4.99 Å². The van der Waals surface area contributed by atoms with Crippen molar-refractivity contribution in [3.05, 3.63) is 29.3 Å². The molecule has 0 amide bonds. The molecule has 1 aromatic carbocycles. The fraction of sp³-hybridized carbons (Fsp3) is 0.417. The smallest absolute Gasteiger partial charge is 0.161 e. The summed E-state index contributed by atoms with van der Waals surface area (Å²) in [5.74, 6) is 1.09. The highest BCUT2D eigenvalue weighted by molar-refractivity contribution is 8.14. The van der Waals surface area contributed by atoms with E-state index in [1.165, 1.54) is 16.8 Å². The highest BCUT2D eigenvalue weighted by atomic mass is 32.2. The number of thioether (sulfide) groups is 1. The number of amidine groups is 1. The maximum atomic E-state index is 4.52. The second kappa shape index (κ2) is 4.27. The van der Waals surface area contributed by atoms with Gasteiger partial charge in [0, 0.05) is 11.4 Å². The molecule has 0 radical (unpaired) electrons. The quantitative estimate of drug-likeness (QED) is 0.786. The van der Waals surface area contributed by atoms with Crippen molar-refractivity contribution in [1.82, 2.24) is 0 Å². The van der Waals surface area contributed by atoms with Crippen molar-refractivity contribution < 1.29 is 0 Å². The molecule has 1 aliphatic rings. The first kappa shape index (κ1) is 10.6. The molecule has 0 spiro atoms. The number of hydrogen-bond donors (Lipinski definition) is 1. The van der Waals surface area contributed by atoms with Crippen LogP contribution < -0.4 is 5.32 Å². The van der Waals surface area contributed by atoms with Crippen LogP contribution in [0.5, 0.6) is 0 Å². The van der Waals surface area contributed by atoms with Crippen molar-refractivity contribution in [3.63, 3.8) is 0 Å². The summed E-state index contributed by atoms with van der Waals surface area (Å²) in [6.45, 7) is 6.38. The Morgan fingerprint density at radius 3 is 2.80 bits per heavy atom. The molecule has 15 heavy (non-hydrogen) atoms. The lowest BCUT2D eigenvalue weighted by atomic mass is 10.1. The van der Waals surface area contributed by atoms with E-state index in [0.29, 0.717) is 6.04 Å². The summed E-state index contributed by atoms with van der Waals surface area (Å²) in [6, 6.07) is 6.88. The number of anilines is 1. The average molecular weight is 220 g/mol. The fourth-order valence-electron chi connectivity index (χ4n) is 1.61. The Kier molecular flexibility index (Phi) is 3.00. The second-order valence-corrected chi connectivity index (χ2v) is 5.05. The molecule has 1 heterocycles. The molecule has 1 aliphatic heterocycles. The third-order valence-corrected chi connectivity index (χ3v) is 3.55. The predicted molar refractivity (Wildman–Crippen MR) is 68.9 cm³/mol. The van der Waals surface area contributed by atoms with Crippen LogP contribution in [0.25, 0.3) is 0 Å². The van der Waals surface area contributed by atoms with Crippen LogP contribution in [-0.4, -0.2) is 17.0 Å². The molecule has 1 aromatic rings. The van der Waals surface area contributed by atoms with Crippen LogP contribution in [-0.2, 0) is 0 Å². The third kappa shape index (κ3) is 2.53. The van der Waals surface area contributed by atoms with Crippen LogP contribution in [0.15, 0.2) is 23.2 Å². The lowest BCUT2D eigenvalue weighted by Gasteiger charge is -2.08. The molecule has 0 aromatic heterocycles. The number of benzene rings is 1. The Balaban J connectivity index is 2.14. The van der Waals surface area contributed by atoms with Gasteiger partial charge in [0.25, 0.3) is 0 Å². The fourth-order valence-corrected chi connectivity index (χ4v) is 2.52. The van der Waals surface area contributed by atoms with Crippen LogP contribution in [0.2, 0.25) is 0 Å². The van der Waals surface area contributed by atoms with Gasteiger partial charge in [0.05, 0.1) is 6.04 Å². The van der Waals surface area contributed by atoms with E-state index in [1.54, 1.807) is 11.8 Å². The molecule has 3 heteroatoms. The largest absolute Gasteiger partial charge is 0.335 e. The van der Waals surface area contributed by atoms with Gasteiger partial charge in [-0.2, -0.15) is 0 Å². The van der Waals surface area contributed by atoms with E-state index >= 15 is 0 Å². The minimum Gasteiger partial charge on any atom is -0.335 e. The lowest BCUT2D eigenvalue weighted by Crippen LogP contribution is -2.06. The molecule has 1 N–H and O–H groups in total. The molecular weight excluding hydrogens is 204 g/mol. The highest BCUT2D eigenvalue weighted by Crippen LogP contribution is 2.22. The zero-order valence-electron chi connectivity index (χ0n) is 9.37. The maximum absolute atomic E-state index is 4.52. The standard InChI is InChI=1S/C12H16N2S/c1-8-4-5-11(9(2)6-8)14-12-13-10(3)7-15-12/h4-6,10H,7H2,1-3H3,(H,13,14). The van der Waals surface area contributed by atoms with E-state index in [4.69, 9.17) is 0 Å². The van der Waals surface area contributed by atoms with E-state index in [0.717, 1.165) is 10.9 Å². The molecule has 1 unspecified atom stereocenters. The number of aryl methyl sites for hydroxylation is 2. The van der Waals surface area contributed by atoms with Crippen LogP contribution in [0.1, 0.15) is 18.1 Å². The van der Waals surface area contributed by atoms with Gasteiger partial charge in [-0.1, -0.05) is 29.5 Å². The van der Waals surface area contributed by atoms with Crippen molar-refractivity contribution >= 4 is 22.6 Å². The van der Waals surface area contributed by atoms with Crippen molar-refractivity contribution in [2.75, 3.05) is 11.1 Å². The van der Waals surface area contributed by atoms with E-state index in [2.05, 4.69) is 49.3 Å². The van der Waals surface area contributed by atoms with Gasteiger partial charge in [0.1, 0.15) is 0 Å². The topological polar surface area (TPSA) is 24.4 Å². The molecule has 0 saturated heterocycles. The Bertz CT molecular complexity index is 399. The van der Waals surface area contributed by atoms with Crippen LogP contribution in [0.4, 0.5) is 5.69 Å². The third-order valence-electron chi connectivity index (χ3n) is 2.42. The first-order chi connectivity index (χ1) is 7.15. The molecule has 1 atom stereocenters. The van der Waals surface area contributed by atoms with Crippen molar-refractivity contribution in [2.45, 2.75) is 26.8 Å². The van der Waals surface area contributed by atoms with Gasteiger partial charge in [-0.3, -0.25) is 4.99 Å². The monoisotopic (exact) mass is 220 g/mol. The summed E-state index contributed by atoms with van der Waals surface area (Å²) >= 11 is 1.80. The van der Waals surface area contributed by atoms with Gasteiger partial charge in [0.2, 0.25) is 0 Å². The van der Waals surface area contributed by atoms with E-state index in [1.807, 2.05) is 0 Å². The SMILES string of the molecule is Cc1ccc(NC2=NC(C)CS2)c(C)c1. The molecule has 2 nitrogen and oxygen atoms in total. The minimum absolute atomic E-state index is 0.447. The second-order valence-electron chi connectivity index (χ2n) is 4.04. The number of hydrogen-bond acceptors (Lipinski definition) is 3. The summed E-state index contributed by atoms with van der Waals surface area (Å²) < 4.78 is 0. The van der Waals surface area contributed by atoms with Crippen LogP contribution >= 0.6 is 11.8 Å². The zero-order chi connectivity index (χ0) is 10.8. The normalized spacial score (nSPS) is 20.2. The number of nitrogens with one attached hydrogen (secondary N) is 1. The lowest BCUT2D eigenvalue weighted by molar-refractivity contribution is 0.865. The Labute approximate surface area is 95.2 Å². The van der Waals surface area contributed by atoms with E-state index in [9.17, 15) is 0 Å². The average Bonchev–Trinajstić information content (AvgIpc) is 2.56. The van der Waals surface area contributed by atoms with Gasteiger partial charge in [-0.25, -0.2) is 0 Å². The number of nitrogens with zero attached hydrogens (tertiary/aromatic N) is 1. The summed E-state index contributed by atoms with van der Waals surface area (Å²) in [7, 11) is 0. The van der Waals surface area contributed by atoms with Crippen molar-refractivity contribution in [3.8, 4) is 0 Å². The first-order valence-corrected chi connectivity index (χ1v) is 6.18. The highest BCUT2D eigenvalue weighted by Gasteiger charge is 2.14. The number of rotatable bonds is 1. The molecule has 2 rings (SSSR count). The summed E-state index contributed by atoms with van der Waals surface area (Å²) in [6.07, 6.45) is 0.